The highest BCUT2D eigenvalue weighted by Gasteiger charge is 2.31. The van der Waals surface area contributed by atoms with Crippen molar-refractivity contribution in [1.29, 1.82) is 0 Å². The second kappa shape index (κ2) is 5.24. The fourth-order valence-corrected chi connectivity index (χ4v) is 3.25. The number of fused-ring (bicyclic) bond motifs is 1. The number of anilines is 1. The van der Waals surface area contributed by atoms with Gasteiger partial charge in [-0.15, -0.1) is 0 Å². The number of hydrogen-bond acceptors (Lipinski definition) is 4. The van der Waals surface area contributed by atoms with Gasteiger partial charge in [-0.2, -0.15) is 0 Å². The van der Waals surface area contributed by atoms with E-state index >= 15 is 0 Å². The fourth-order valence-electron chi connectivity index (χ4n) is 3.25. The van der Waals surface area contributed by atoms with E-state index in [1.165, 1.54) is 31.5 Å². The molecule has 3 heterocycles. The summed E-state index contributed by atoms with van der Waals surface area (Å²) in [6.07, 6.45) is 5.52. The molecule has 0 radical (unpaired) electrons. The van der Waals surface area contributed by atoms with Gasteiger partial charge in [0.1, 0.15) is 5.82 Å². The molecule has 2 N–H and O–H groups in total. The summed E-state index contributed by atoms with van der Waals surface area (Å²) in [5, 5.41) is 0. The molecular weight excluding hydrogens is 224 g/mol. The van der Waals surface area contributed by atoms with Crippen molar-refractivity contribution in [3.63, 3.8) is 0 Å². The van der Waals surface area contributed by atoms with Crippen LogP contribution < -0.4 is 10.6 Å². The number of piperazine rings is 1. The first-order valence-electron chi connectivity index (χ1n) is 7.01. The Morgan fingerprint density at radius 3 is 3.17 bits per heavy atom. The summed E-state index contributed by atoms with van der Waals surface area (Å²) >= 11 is 0. The first-order valence-corrected chi connectivity index (χ1v) is 7.01. The van der Waals surface area contributed by atoms with Crippen molar-refractivity contribution < 1.29 is 0 Å². The number of rotatable bonds is 3. The molecule has 1 aromatic heterocycles. The minimum atomic E-state index is 0.697. The summed E-state index contributed by atoms with van der Waals surface area (Å²) in [6, 6.07) is 4.92. The molecule has 2 saturated heterocycles. The normalized spacial score (nSPS) is 24.3. The Kier molecular flexibility index (Phi) is 3.48. The zero-order chi connectivity index (χ0) is 12.4. The standard InChI is InChI=1S/C14H22N4/c15-6-5-12-3-1-7-16-14(12)18-10-9-17-8-2-4-13(17)11-18/h1,3,7,13H,2,4-6,8-11,15H2. The summed E-state index contributed by atoms with van der Waals surface area (Å²) in [7, 11) is 0. The van der Waals surface area contributed by atoms with Crippen LogP contribution >= 0.6 is 0 Å². The quantitative estimate of drug-likeness (QED) is 0.859. The van der Waals surface area contributed by atoms with E-state index in [2.05, 4.69) is 20.9 Å². The second-order valence-corrected chi connectivity index (χ2v) is 5.30. The highest BCUT2D eigenvalue weighted by molar-refractivity contribution is 5.47. The van der Waals surface area contributed by atoms with Crippen molar-refractivity contribution in [2.45, 2.75) is 25.3 Å². The van der Waals surface area contributed by atoms with Crippen LogP contribution in [0, 0.1) is 0 Å². The molecule has 4 heteroatoms. The van der Waals surface area contributed by atoms with Crippen LogP contribution in [0.15, 0.2) is 18.3 Å². The molecule has 3 rings (SSSR count). The van der Waals surface area contributed by atoms with E-state index in [4.69, 9.17) is 5.73 Å². The summed E-state index contributed by atoms with van der Waals surface area (Å²) in [5.74, 6) is 1.16. The van der Waals surface area contributed by atoms with Crippen LogP contribution in [-0.2, 0) is 6.42 Å². The Morgan fingerprint density at radius 2 is 2.28 bits per heavy atom. The van der Waals surface area contributed by atoms with E-state index in [-0.39, 0.29) is 0 Å². The molecule has 1 aromatic rings. The molecule has 1 unspecified atom stereocenters. The largest absolute Gasteiger partial charge is 0.354 e. The van der Waals surface area contributed by atoms with Crippen molar-refractivity contribution in [3.8, 4) is 0 Å². The topological polar surface area (TPSA) is 45.4 Å². The van der Waals surface area contributed by atoms with Gasteiger partial charge in [-0.3, -0.25) is 4.90 Å². The molecule has 2 aliphatic rings. The van der Waals surface area contributed by atoms with Crippen molar-refractivity contribution in [2.24, 2.45) is 5.73 Å². The van der Waals surface area contributed by atoms with Gasteiger partial charge < -0.3 is 10.6 Å². The van der Waals surface area contributed by atoms with Crippen molar-refractivity contribution >= 4 is 5.82 Å². The van der Waals surface area contributed by atoms with Crippen LogP contribution in [0.5, 0.6) is 0 Å². The lowest BCUT2D eigenvalue weighted by Gasteiger charge is -2.38. The molecule has 0 aromatic carbocycles. The monoisotopic (exact) mass is 246 g/mol. The maximum atomic E-state index is 5.69. The predicted molar refractivity (Wildman–Crippen MR) is 73.8 cm³/mol. The van der Waals surface area contributed by atoms with E-state index < -0.39 is 0 Å². The number of aromatic nitrogens is 1. The third kappa shape index (κ3) is 2.22. The first kappa shape index (κ1) is 11.9. The van der Waals surface area contributed by atoms with Crippen molar-refractivity contribution in [2.75, 3.05) is 37.6 Å². The van der Waals surface area contributed by atoms with Gasteiger partial charge in [-0.05, 0) is 44.0 Å². The van der Waals surface area contributed by atoms with Crippen LogP contribution in [-0.4, -0.2) is 48.6 Å². The Balaban J connectivity index is 1.78. The van der Waals surface area contributed by atoms with Gasteiger partial charge in [-0.1, -0.05) is 6.07 Å². The SMILES string of the molecule is NCCc1cccnc1N1CCN2CCCC2C1. The van der Waals surface area contributed by atoms with Gasteiger partial charge in [0.15, 0.2) is 0 Å². The van der Waals surface area contributed by atoms with E-state index in [1.807, 2.05) is 12.3 Å². The lowest BCUT2D eigenvalue weighted by molar-refractivity contribution is 0.230. The zero-order valence-electron chi connectivity index (χ0n) is 10.9. The van der Waals surface area contributed by atoms with Gasteiger partial charge in [-0.25, -0.2) is 4.98 Å². The van der Waals surface area contributed by atoms with Crippen LogP contribution in [0.1, 0.15) is 18.4 Å². The minimum absolute atomic E-state index is 0.697. The number of nitrogens with two attached hydrogens (primary N) is 1. The highest BCUT2D eigenvalue weighted by Crippen LogP contribution is 2.26. The molecular formula is C14H22N4. The highest BCUT2D eigenvalue weighted by atomic mass is 15.3. The lowest BCUT2D eigenvalue weighted by Crippen LogP contribution is -2.50. The molecule has 0 spiro atoms. The Bertz CT molecular complexity index is 407. The van der Waals surface area contributed by atoms with Crippen LogP contribution in [0.3, 0.4) is 0 Å². The van der Waals surface area contributed by atoms with E-state index in [9.17, 15) is 0 Å². The first-order chi connectivity index (χ1) is 8.88. The molecule has 1 atom stereocenters. The molecule has 2 fully saturated rings. The number of hydrogen-bond donors (Lipinski definition) is 1. The van der Waals surface area contributed by atoms with Crippen LogP contribution in [0.25, 0.3) is 0 Å². The van der Waals surface area contributed by atoms with Gasteiger partial charge in [0.2, 0.25) is 0 Å². The molecule has 0 aliphatic carbocycles. The fraction of sp³-hybridized carbons (Fsp3) is 0.643. The average molecular weight is 246 g/mol. The lowest BCUT2D eigenvalue weighted by atomic mass is 10.1. The summed E-state index contributed by atoms with van der Waals surface area (Å²) < 4.78 is 0. The van der Waals surface area contributed by atoms with Crippen molar-refractivity contribution in [1.82, 2.24) is 9.88 Å². The Labute approximate surface area is 109 Å². The maximum absolute atomic E-state index is 5.69. The van der Waals surface area contributed by atoms with E-state index in [0.717, 1.165) is 31.4 Å². The molecule has 2 aliphatic heterocycles. The minimum Gasteiger partial charge on any atom is -0.354 e. The van der Waals surface area contributed by atoms with Crippen molar-refractivity contribution in [3.05, 3.63) is 23.9 Å². The summed E-state index contributed by atoms with van der Waals surface area (Å²) in [5.41, 5.74) is 6.99. The second-order valence-electron chi connectivity index (χ2n) is 5.30. The predicted octanol–water partition coefficient (Wildman–Crippen LogP) is 0.867. The van der Waals surface area contributed by atoms with Gasteiger partial charge in [0.05, 0.1) is 0 Å². The molecule has 0 bridgehead atoms. The van der Waals surface area contributed by atoms with E-state index in [1.54, 1.807) is 0 Å². The number of pyridine rings is 1. The molecule has 0 amide bonds. The zero-order valence-corrected chi connectivity index (χ0v) is 10.9. The molecule has 98 valence electrons. The van der Waals surface area contributed by atoms with E-state index in [0.29, 0.717) is 6.54 Å². The van der Waals surface area contributed by atoms with Gasteiger partial charge >= 0.3 is 0 Å². The number of nitrogens with zero attached hydrogens (tertiary/aromatic N) is 3. The van der Waals surface area contributed by atoms with Gasteiger partial charge in [0.25, 0.3) is 0 Å². The van der Waals surface area contributed by atoms with Crippen LogP contribution in [0.4, 0.5) is 5.82 Å². The Morgan fingerprint density at radius 1 is 1.33 bits per heavy atom. The summed E-state index contributed by atoms with van der Waals surface area (Å²) in [6.45, 7) is 5.40. The molecule has 18 heavy (non-hydrogen) atoms. The van der Waals surface area contributed by atoms with Crippen LogP contribution in [0.2, 0.25) is 0 Å². The molecule has 0 saturated carbocycles. The van der Waals surface area contributed by atoms with Gasteiger partial charge in [0, 0.05) is 31.9 Å². The average Bonchev–Trinajstić information content (AvgIpc) is 2.87. The molecule has 4 nitrogen and oxygen atoms in total. The smallest absolute Gasteiger partial charge is 0.131 e. The summed E-state index contributed by atoms with van der Waals surface area (Å²) in [4.78, 5) is 9.67. The third-order valence-electron chi connectivity index (χ3n) is 4.17. The Hall–Kier alpha value is -1.13. The third-order valence-corrected chi connectivity index (χ3v) is 4.17. The maximum Gasteiger partial charge on any atom is 0.131 e.